The van der Waals surface area contributed by atoms with E-state index in [2.05, 4.69) is 4.98 Å². The molecule has 0 saturated carbocycles. The normalized spacial score (nSPS) is 10.9. The molecule has 4 aromatic rings. The number of ether oxygens (including phenoxy) is 1. The van der Waals surface area contributed by atoms with Crippen LogP contribution in [0.5, 0.6) is 11.5 Å². The zero-order valence-electron chi connectivity index (χ0n) is 13.0. The van der Waals surface area contributed by atoms with Crippen LogP contribution in [-0.2, 0) is 0 Å². The average molecular weight is 317 g/mol. The SMILES string of the molecule is COc1ccccc1-c1nc(-c2ccccc2O)cn2ccnc12. The van der Waals surface area contributed by atoms with Gasteiger partial charge in [0.2, 0.25) is 0 Å². The van der Waals surface area contributed by atoms with Gasteiger partial charge in [-0.2, -0.15) is 0 Å². The van der Waals surface area contributed by atoms with Gasteiger partial charge in [0, 0.05) is 29.7 Å². The van der Waals surface area contributed by atoms with Crippen LogP contribution in [0.3, 0.4) is 0 Å². The first-order chi connectivity index (χ1) is 11.8. The van der Waals surface area contributed by atoms with Crippen LogP contribution in [0.25, 0.3) is 28.2 Å². The molecule has 0 amide bonds. The van der Waals surface area contributed by atoms with Crippen LogP contribution in [0, 0.1) is 0 Å². The highest BCUT2D eigenvalue weighted by molar-refractivity contribution is 5.81. The van der Waals surface area contributed by atoms with Crippen LogP contribution >= 0.6 is 0 Å². The minimum atomic E-state index is 0.190. The smallest absolute Gasteiger partial charge is 0.163 e. The lowest BCUT2D eigenvalue weighted by Crippen LogP contribution is -1.97. The Morgan fingerprint density at radius 2 is 1.75 bits per heavy atom. The molecule has 2 aromatic heterocycles. The van der Waals surface area contributed by atoms with Gasteiger partial charge in [-0.25, -0.2) is 9.97 Å². The maximum atomic E-state index is 10.2. The Morgan fingerprint density at radius 3 is 2.54 bits per heavy atom. The summed E-state index contributed by atoms with van der Waals surface area (Å²) in [7, 11) is 1.63. The molecule has 4 rings (SSSR count). The number of para-hydroxylation sites is 2. The number of benzene rings is 2. The van der Waals surface area contributed by atoms with E-state index < -0.39 is 0 Å². The van der Waals surface area contributed by atoms with Crippen LogP contribution in [0.1, 0.15) is 0 Å². The van der Waals surface area contributed by atoms with Crippen molar-refractivity contribution in [1.29, 1.82) is 0 Å². The number of aromatic nitrogens is 3. The molecule has 24 heavy (non-hydrogen) atoms. The van der Waals surface area contributed by atoms with Gasteiger partial charge < -0.3 is 14.2 Å². The molecule has 0 bridgehead atoms. The number of imidazole rings is 1. The van der Waals surface area contributed by atoms with Gasteiger partial charge in [-0.15, -0.1) is 0 Å². The van der Waals surface area contributed by atoms with E-state index >= 15 is 0 Å². The standard InChI is InChI=1S/C19H15N3O2/c1-24-17-9-5-3-7-14(17)18-19-20-10-11-22(19)12-15(21-18)13-6-2-4-8-16(13)23/h2-12,23H,1H3. The minimum absolute atomic E-state index is 0.190. The second-order valence-electron chi connectivity index (χ2n) is 5.35. The number of nitrogens with zero attached hydrogens (tertiary/aromatic N) is 3. The Bertz CT molecular complexity index is 1020. The molecule has 0 aliphatic rings. The molecule has 0 fully saturated rings. The van der Waals surface area contributed by atoms with Crippen LogP contribution in [0.2, 0.25) is 0 Å². The topological polar surface area (TPSA) is 59.7 Å². The van der Waals surface area contributed by atoms with Crippen molar-refractivity contribution in [2.75, 3.05) is 7.11 Å². The van der Waals surface area contributed by atoms with E-state index in [1.165, 1.54) is 0 Å². The summed E-state index contributed by atoms with van der Waals surface area (Å²) in [6.45, 7) is 0. The molecular weight excluding hydrogens is 302 g/mol. The summed E-state index contributed by atoms with van der Waals surface area (Å²) in [6.07, 6.45) is 5.44. The van der Waals surface area contributed by atoms with Gasteiger partial charge in [-0.1, -0.05) is 24.3 Å². The first kappa shape index (κ1) is 14.3. The lowest BCUT2D eigenvalue weighted by molar-refractivity contribution is 0.416. The maximum Gasteiger partial charge on any atom is 0.163 e. The zero-order valence-corrected chi connectivity index (χ0v) is 13.0. The van der Waals surface area contributed by atoms with Crippen molar-refractivity contribution in [1.82, 2.24) is 14.4 Å². The van der Waals surface area contributed by atoms with E-state index in [0.717, 1.165) is 17.0 Å². The molecule has 1 N–H and O–H groups in total. The first-order valence-electron chi connectivity index (χ1n) is 7.53. The Labute approximate surface area is 138 Å². The summed E-state index contributed by atoms with van der Waals surface area (Å²) in [5.74, 6) is 0.916. The average Bonchev–Trinajstić information content (AvgIpc) is 3.10. The van der Waals surface area contributed by atoms with E-state index in [9.17, 15) is 5.11 Å². The van der Waals surface area contributed by atoms with Crippen LogP contribution in [0.15, 0.2) is 67.1 Å². The summed E-state index contributed by atoms with van der Waals surface area (Å²) >= 11 is 0. The van der Waals surface area contributed by atoms with Crippen LogP contribution in [0.4, 0.5) is 0 Å². The van der Waals surface area contributed by atoms with E-state index in [1.807, 2.05) is 53.2 Å². The van der Waals surface area contributed by atoms with Crippen molar-refractivity contribution in [2.24, 2.45) is 0 Å². The Morgan fingerprint density at radius 1 is 1.00 bits per heavy atom. The highest BCUT2D eigenvalue weighted by Crippen LogP contribution is 2.34. The van der Waals surface area contributed by atoms with Gasteiger partial charge in [0.1, 0.15) is 17.2 Å². The van der Waals surface area contributed by atoms with Gasteiger partial charge in [0.05, 0.1) is 12.8 Å². The molecule has 2 aromatic carbocycles. The monoisotopic (exact) mass is 317 g/mol. The van der Waals surface area contributed by atoms with Gasteiger partial charge in [0.25, 0.3) is 0 Å². The molecule has 0 aliphatic heterocycles. The van der Waals surface area contributed by atoms with Gasteiger partial charge in [-0.3, -0.25) is 0 Å². The number of phenolic OH excluding ortho intramolecular Hbond substituents is 1. The third kappa shape index (κ3) is 2.27. The number of fused-ring (bicyclic) bond motifs is 1. The van der Waals surface area contributed by atoms with Crippen molar-refractivity contribution >= 4 is 5.65 Å². The predicted octanol–water partition coefficient (Wildman–Crippen LogP) is 3.78. The van der Waals surface area contributed by atoms with E-state index in [-0.39, 0.29) is 5.75 Å². The number of hydrogen-bond acceptors (Lipinski definition) is 4. The largest absolute Gasteiger partial charge is 0.507 e. The Kier molecular flexibility index (Phi) is 3.39. The highest BCUT2D eigenvalue weighted by Gasteiger charge is 2.15. The van der Waals surface area contributed by atoms with Gasteiger partial charge >= 0.3 is 0 Å². The molecule has 5 nitrogen and oxygen atoms in total. The van der Waals surface area contributed by atoms with Crippen molar-refractivity contribution in [2.45, 2.75) is 0 Å². The third-order valence-corrected chi connectivity index (χ3v) is 3.92. The van der Waals surface area contributed by atoms with Crippen molar-refractivity contribution < 1.29 is 9.84 Å². The molecule has 0 spiro atoms. The molecule has 0 atom stereocenters. The lowest BCUT2D eigenvalue weighted by Gasteiger charge is -2.11. The quantitative estimate of drug-likeness (QED) is 0.625. The second kappa shape index (κ2) is 5.70. The van der Waals surface area contributed by atoms with Gasteiger partial charge in [-0.05, 0) is 24.3 Å². The molecule has 5 heteroatoms. The molecule has 118 valence electrons. The molecule has 0 saturated heterocycles. The summed E-state index contributed by atoms with van der Waals surface area (Å²) in [6, 6.07) is 14.8. The molecule has 0 aliphatic carbocycles. The number of rotatable bonds is 3. The summed E-state index contributed by atoms with van der Waals surface area (Å²) in [5, 5.41) is 10.2. The van der Waals surface area contributed by atoms with E-state index in [1.54, 1.807) is 25.4 Å². The summed E-state index contributed by atoms with van der Waals surface area (Å²) in [4.78, 5) is 9.17. The first-order valence-corrected chi connectivity index (χ1v) is 7.53. The van der Waals surface area contributed by atoms with Crippen LogP contribution < -0.4 is 4.74 Å². The fourth-order valence-electron chi connectivity index (χ4n) is 2.77. The second-order valence-corrected chi connectivity index (χ2v) is 5.35. The fraction of sp³-hybridized carbons (Fsp3) is 0.0526. The van der Waals surface area contributed by atoms with Crippen molar-refractivity contribution in [3.8, 4) is 34.0 Å². The zero-order chi connectivity index (χ0) is 16.5. The third-order valence-electron chi connectivity index (χ3n) is 3.92. The summed E-state index contributed by atoms with van der Waals surface area (Å²) in [5.41, 5.74) is 3.63. The highest BCUT2D eigenvalue weighted by atomic mass is 16.5. The lowest BCUT2D eigenvalue weighted by atomic mass is 10.1. The van der Waals surface area contributed by atoms with Crippen molar-refractivity contribution in [3.63, 3.8) is 0 Å². The van der Waals surface area contributed by atoms with E-state index in [4.69, 9.17) is 9.72 Å². The molecule has 0 unspecified atom stereocenters. The molecular formula is C19H15N3O2. The number of aromatic hydroxyl groups is 1. The van der Waals surface area contributed by atoms with Gasteiger partial charge in [0.15, 0.2) is 5.65 Å². The number of hydrogen-bond donors (Lipinski definition) is 1. The number of methoxy groups -OCH3 is 1. The molecule has 0 radical (unpaired) electrons. The fourth-order valence-corrected chi connectivity index (χ4v) is 2.77. The van der Waals surface area contributed by atoms with Crippen LogP contribution in [-0.4, -0.2) is 26.6 Å². The van der Waals surface area contributed by atoms with Crippen molar-refractivity contribution in [3.05, 3.63) is 67.1 Å². The number of phenols is 1. The Balaban J connectivity index is 2.02. The Hall–Kier alpha value is -3.34. The minimum Gasteiger partial charge on any atom is -0.507 e. The molecule has 2 heterocycles. The predicted molar refractivity (Wildman–Crippen MR) is 92.1 cm³/mol. The maximum absolute atomic E-state index is 10.2. The van der Waals surface area contributed by atoms with E-state index in [0.29, 0.717) is 17.0 Å². The summed E-state index contributed by atoms with van der Waals surface area (Å²) < 4.78 is 7.37.